The van der Waals surface area contributed by atoms with E-state index in [0.29, 0.717) is 30.1 Å². The summed E-state index contributed by atoms with van der Waals surface area (Å²) in [6.45, 7) is 2.68. The SMILES string of the molecule is CCOC(=O)c1ccc(NC(=O)/C=C/c2cn(Cc3ccccc3)nn2)cc1. The van der Waals surface area contributed by atoms with Gasteiger partial charge in [-0.25, -0.2) is 9.48 Å². The van der Waals surface area contributed by atoms with Gasteiger partial charge in [0, 0.05) is 11.8 Å². The molecule has 0 fully saturated rings. The number of hydrogen-bond acceptors (Lipinski definition) is 5. The van der Waals surface area contributed by atoms with Crippen LogP contribution in [0.1, 0.15) is 28.5 Å². The minimum Gasteiger partial charge on any atom is -0.462 e. The van der Waals surface area contributed by atoms with Crippen molar-refractivity contribution in [2.45, 2.75) is 13.5 Å². The van der Waals surface area contributed by atoms with E-state index in [0.717, 1.165) is 5.56 Å². The van der Waals surface area contributed by atoms with E-state index in [2.05, 4.69) is 15.6 Å². The average molecular weight is 376 g/mol. The van der Waals surface area contributed by atoms with Crippen LogP contribution in [0.5, 0.6) is 0 Å². The molecule has 0 saturated carbocycles. The normalized spacial score (nSPS) is 10.8. The number of anilines is 1. The lowest BCUT2D eigenvalue weighted by Crippen LogP contribution is -2.08. The summed E-state index contributed by atoms with van der Waals surface area (Å²) in [6, 6.07) is 16.4. The predicted octanol–water partition coefficient (Wildman–Crippen LogP) is 3.16. The Labute approximate surface area is 162 Å². The summed E-state index contributed by atoms with van der Waals surface area (Å²) in [5.41, 5.74) is 2.72. The molecule has 1 heterocycles. The number of carbonyl (C=O) groups excluding carboxylic acids is 2. The van der Waals surface area contributed by atoms with Gasteiger partial charge in [-0.05, 0) is 42.8 Å². The van der Waals surface area contributed by atoms with E-state index in [-0.39, 0.29) is 11.9 Å². The maximum atomic E-state index is 12.1. The molecule has 1 amide bonds. The minimum atomic E-state index is -0.390. The molecule has 0 radical (unpaired) electrons. The first-order valence-electron chi connectivity index (χ1n) is 8.84. The third-order valence-corrected chi connectivity index (χ3v) is 3.81. The second kappa shape index (κ2) is 9.27. The molecule has 3 aromatic rings. The fourth-order valence-electron chi connectivity index (χ4n) is 2.49. The lowest BCUT2D eigenvalue weighted by atomic mass is 10.2. The summed E-state index contributed by atoms with van der Waals surface area (Å²) in [4.78, 5) is 23.7. The van der Waals surface area contributed by atoms with Gasteiger partial charge in [0.1, 0.15) is 5.69 Å². The Balaban J connectivity index is 1.54. The number of carbonyl (C=O) groups is 2. The number of esters is 1. The lowest BCUT2D eigenvalue weighted by Gasteiger charge is -2.04. The molecule has 28 heavy (non-hydrogen) atoms. The van der Waals surface area contributed by atoms with Crippen LogP contribution in [0.15, 0.2) is 66.9 Å². The zero-order chi connectivity index (χ0) is 19.8. The molecule has 0 saturated heterocycles. The van der Waals surface area contributed by atoms with Crippen LogP contribution in [0, 0.1) is 0 Å². The van der Waals surface area contributed by atoms with Crippen LogP contribution >= 0.6 is 0 Å². The van der Waals surface area contributed by atoms with Gasteiger partial charge in [0.05, 0.1) is 24.9 Å². The third-order valence-electron chi connectivity index (χ3n) is 3.81. The fraction of sp³-hybridized carbons (Fsp3) is 0.143. The van der Waals surface area contributed by atoms with E-state index in [1.54, 1.807) is 48.1 Å². The molecule has 0 atom stereocenters. The Morgan fingerprint density at radius 2 is 1.86 bits per heavy atom. The number of amides is 1. The van der Waals surface area contributed by atoms with Gasteiger partial charge >= 0.3 is 5.97 Å². The van der Waals surface area contributed by atoms with E-state index < -0.39 is 0 Å². The number of ether oxygens (including phenoxy) is 1. The van der Waals surface area contributed by atoms with Crippen LogP contribution in [-0.4, -0.2) is 33.5 Å². The quantitative estimate of drug-likeness (QED) is 0.506. The molecule has 1 N–H and O–H groups in total. The Morgan fingerprint density at radius 3 is 2.57 bits per heavy atom. The largest absolute Gasteiger partial charge is 0.462 e. The maximum absolute atomic E-state index is 12.1. The average Bonchev–Trinajstić information content (AvgIpc) is 3.15. The van der Waals surface area contributed by atoms with Crippen LogP contribution in [0.3, 0.4) is 0 Å². The van der Waals surface area contributed by atoms with Crippen molar-refractivity contribution in [3.63, 3.8) is 0 Å². The Kier molecular flexibility index (Phi) is 6.30. The molecule has 3 rings (SSSR count). The van der Waals surface area contributed by atoms with Gasteiger partial charge in [-0.15, -0.1) is 5.10 Å². The van der Waals surface area contributed by atoms with Gasteiger partial charge in [-0.3, -0.25) is 4.79 Å². The molecule has 0 spiro atoms. The highest BCUT2D eigenvalue weighted by Gasteiger charge is 2.06. The van der Waals surface area contributed by atoms with Crippen LogP contribution in [-0.2, 0) is 16.1 Å². The van der Waals surface area contributed by atoms with E-state index >= 15 is 0 Å². The summed E-state index contributed by atoms with van der Waals surface area (Å²) in [6.07, 6.45) is 4.75. The highest BCUT2D eigenvalue weighted by atomic mass is 16.5. The van der Waals surface area contributed by atoms with Crippen LogP contribution < -0.4 is 5.32 Å². The van der Waals surface area contributed by atoms with Crippen molar-refractivity contribution in [1.82, 2.24) is 15.0 Å². The van der Waals surface area contributed by atoms with Crippen molar-refractivity contribution in [2.24, 2.45) is 0 Å². The molecular formula is C21H20N4O3. The van der Waals surface area contributed by atoms with Crippen LogP contribution in [0.4, 0.5) is 5.69 Å². The molecule has 7 nitrogen and oxygen atoms in total. The second-order valence-electron chi connectivity index (χ2n) is 5.95. The van der Waals surface area contributed by atoms with Gasteiger partial charge < -0.3 is 10.1 Å². The Bertz CT molecular complexity index is 963. The molecule has 2 aromatic carbocycles. The second-order valence-corrected chi connectivity index (χ2v) is 5.95. The smallest absolute Gasteiger partial charge is 0.338 e. The maximum Gasteiger partial charge on any atom is 0.338 e. The first-order valence-corrected chi connectivity index (χ1v) is 8.84. The fourth-order valence-corrected chi connectivity index (χ4v) is 2.49. The number of nitrogens with one attached hydrogen (secondary N) is 1. The molecule has 7 heteroatoms. The number of rotatable bonds is 7. The molecule has 0 aliphatic heterocycles. The highest BCUT2D eigenvalue weighted by Crippen LogP contribution is 2.11. The van der Waals surface area contributed by atoms with Gasteiger partial charge in [0.25, 0.3) is 0 Å². The van der Waals surface area contributed by atoms with E-state index in [4.69, 9.17) is 4.74 Å². The highest BCUT2D eigenvalue weighted by molar-refractivity contribution is 6.02. The van der Waals surface area contributed by atoms with Crippen molar-refractivity contribution in [2.75, 3.05) is 11.9 Å². The van der Waals surface area contributed by atoms with Crippen molar-refractivity contribution in [1.29, 1.82) is 0 Å². The number of nitrogens with zero attached hydrogens (tertiary/aromatic N) is 3. The van der Waals surface area contributed by atoms with Gasteiger partial charge in [0.15, 0.2) is 0 Å². The van der Waals surface area contributed by atoms with Crippen molar-refractivity contribution >= 4 is 23.6 Å². The first kappa shape index (κ1) is 19.0. The van der Waals surface area contributed by atoms with Crippen LogP contribution in [0.2, 0.25) is 0 Å². The summed E-state index contributed by atoms with van der Waals surface area (Å²) >= 11 is 0. The number of aromatic nitrogens is 3. The van der Waals surface area contributed by atoms with E-state index in [1.807, 2.05) is 30.3 Å². The van der Waals surface area contributed by atoms with Crippen molar-refractivity contribution < 1.29 is 14.3 Å². The van der Waals surface area contributed by atoms with E-state index in [9.17, 15) is 9.59 Å². The van der Waals surface area contributed by atoms with Gasteiger partial charge in [-0.2, -0.15) is 0 Å². The van der Waals surface area contributed by atoms with E-state index in [1.165, 1.54) is 6.08 Å². The summed E-state index contributed by atoms with van der Waals surface area (Å²) in [7, 11) is 0. The number of hydrogen-bond donors (Lipinski definition) is 1. The van der Waals surface area contributed by atoms with Crippen molar-refractivity contribution in [3.05, 3.63) is 83.7 Å². The van der Waals surface area contributed by atoms with Gasteiger partial charge in [-0.1, -0.05) is 35.5 Å². The minimum absolute atomic E-state index is 0.304. The van der Waals surface area contributed by atoms with Gasteiger partial charge in [0.2, 0.25) is 5.91 Å². The summed E-state index contributed by atoms with van der Waals surface area (Å²) in [5.74, 6) is -0.694. The zero-order valence-corrected chi connectivity index (χ0v) is 15.4. The van der Waals surface area contributed by atoms with Crippen molar-refractivity contribution in [3.8, 4) is 0 Å². The Morgan fingerprint density at radius 1 is 1.11 bits per heavy atom. The summed E-state index contributed by atoms with van der Waals surface area (Å²) < 4.78 is 6.63. The first-order chi connectivity index (χ1) is 13.6. The zero-order valence-electron chi connectivity index (χ0n) is 15.4. The molecule has 0 aliphatic rings. The van der Waals surface area contributed by atoms with Crippen LogP contribution in [0.25, 0.3) is 6.08 Å². The molecule has 0 bridgehead atoms. The topological polar surface area (TPSA) is 86.1 Å². The predicted molar refractivity (Wildman–Crippen MR) is 106 cm³/mol. The molecule has 142 valence electrons. The standard InChI is InChI=1S/C21H20N4O3/c1-2-28-21(27)17-8-10-18(11-9-17)22-20(26)13-12-19-15-25(24-23-19)14-16-6-4-3-5-7-16/h3-13,15H,2,14H2,1H3,(H,22,26)/b13-12+. The molecule has 0 unspecified atom stereocenters. The number of benzene rings is 2. The molecular weight excluding hydrogens is 356 g/mol. The molecule has 1 aromatic heterocycles. The monoisotopic (exact) mass is 376 g/mol. The Hall–Kier alpha value is -3.74. The lowest BCUT2D eigenvalue weighted by molar-refractivity contribution is -0.111. The molecule has 0 aliphatic carbocycles. The third kappa shape index (κ3) is 5.38. The summed E-state index contributed by atoms with van der Waals surface area (Å²) in [5, 5.41) is 10.8.